The van der Waals surface area contributed by atoms with Crippen molar-refractivity contribution in [1.82, 2.24) is 15.2 Å². The molecule has 2 aromatic heterocycles. The van der Waals surface area contributed by atoms with Crippen molar-refractivity contribution in [3.05, 3.63) is 46.6 Å². The van der Waals surface area contributed by atoms with Gasteiger partial charge in [-0.1, -0.05) is 11.8 Å². The number of fused-ring (bicyclic) bond motifs is 1. The molecule has 0 fully saturated rings. The van der Waals surface area contributed by atoms with Crippen LogP contribution in [0.5, 0.6) is 5.75 Å². The Morgan fingerprint density at radius 3 is 3.10 bits per heavy atom. The van der Waals surface area contributed by atoms with Gasteiger partial charge in [-0.05, 0) is 24.6 Å². The molecule has 0 amide bonds. The van der Waals surface area contributed by atoms with Gasteiger partial charge in [-0.25, -0.2) is 9.78 Å². The maximum absolute atomic E-state index is 11.4. The first-order chi connectivity index (χ1) is 10.2. The number of hydrogen-bond acceptors (Lipinski definition) is 6. The number of aromatic nitrogens is 3. The lowest BCUT2D eigenvalue weighted by molar-refractivity contribution is 0.343. The molecule has 0 aliphatic carbocycles. The van der Waals surface area contributed by atoms with Gasteiger partial charge in [0.05, 0.1) is 6.61 Å². The summed E-state index contributed by atoms with van der Waals surface area (Å²) in [6.45, 7) is 2.40. The predicted molar refractivity (Wildman–Crippen MR) is 79.8 cm³/mol. The summed E-state index contributed by atoms with van der Waals surface area (Å²) in [5, 5.41) is 8.22. The van der Waals surface area contributed by atoms with Gasteiger partial charge in [0, 0.05) is 23.3 Å². The van der Waals surface area contributed by atoms with Crippen molar-refractivity contribution in [3.63, 3.8) is 0 Å². The first kappa shape index (κ1) is 13.7. The second kappa shape index (κ2) is 6.01. The molecule has 3 aromatic rings. The maximum atomic E-state index is 11.4. The van der Waals surface area contributed by atoms with Crippen molar-refractivity contribution in [2.45, 2.75) is 12.1 Å². The second-order valence-corrected chi connectivity index (χ2v) is 5.48. The first-order valence-corrected chi connectivity index (χ1v) is 7.36. The largest absolute Gasteiger partial charge is 0.493 e. The van der Waals surface area contributed by atoms with E-state index in [2.05, 4.69) is 15.2 Å². The molecule has 0 radical (unpaired) electrons. The molecule has 6 nitrogen and oxygen atoms in total. The van der Waals surface area contributed by atoms with Gasteiger partial charge in [-0.2, -0.15) is 5.10 Å². The standard InChI is InChI=1S/C14H13N3O3S/c1-9-6-13(18)20-12-7-10(2-3-11(9)12)19-4-5-21-14-15-8-16-17-14/h2-3,6-8H,4-5H2,1H3,(H,15,16,17). The zero-order valence-electron chi connectivity index (χ0n) is 11.3. The third-order valence-electron chi connectivity index (χ3n) is 2.91. The number of thioether (sulfide) groups is 1. The Kier molecular flexibility index (Phi) is 3.92. The van der Waals surface area contributed by atoms with E-state index in [0.29, 0.717) is 17.9 Å². The Hall–Kier alpha value is -2.28. The lowest BCUT2D eigenvalue weighted by atomic mass is 10.1. The van der Waals surface area contributed by atoms with E-state index in [4.69, 9.17) is 9.15 Å². The number of nitrogens with one attached hydrogen (secondary N) is 1. The molecule has 0 spiro atoms. The molecular formula is C14H13N3O3S. The molecule has 0 bridgehead atoms. The molecule has 0 aliphatic heterocycles. The quantitative estimate of drug-likeness (QED) is 0.443. The molecule has 1 N–H and O–H groups in total. The highest BCUT2D eigenvalue weighted by molar-refractivity contribution is 7.99. The molecule has 0 saturated heterocycles. The summed E-state index contributed by atoms with van der Waals surface area (Å²) in [6, 6.07) is 6.99. The third-order valence-corrected chi connectivity index (χ3v) is 3.75. The molecule has 2 heterocycles. The van der Waals surface area contributed by atoms with Gasteiger partial charge in [-0.3, -0.25) is 5.10 Å². The van der Waals surface area contributed by atoms with Crippen LogP contribution >= 0.6 is 11.8 Å². The van der Waals surface area contributed by atoms with E-state index in [1.54, 1.807) is 6.07 Å². The van der Waals surface area contributed by atoms with Crippen LogP contribution in [0.2, 0.25) is 0 Å². The van der Waals surface area contributed by atoms with Crippen molar-refractivity contribution < 1.29 is 9.15 Å². The molecular weight excluding hydrogens is 290 g/mol. The number of nitrogens with zero attached hydrogens (tertiary/aromatic N) is 2. The number of rotatable bonds is 5. The summed E-state index contributed by atoms with van der Waals surface area (Å²) < 4.78 is 10.8. The van der Waals surface area contributed by atoms with E-state index in [9.17, 15) is 4.79 Å². The summed E-state index contributed by atoms with van der Waals surface area (Å²) in [5.74, 6) is 1.42. The average Bonchev–Trinajstić information content (AvgIpc) is 2.96. The number of aryl methyl sites for hydroxylation is 1. The lowest BCUT2D eigenvalue weighted by Gasteiger charge is -2.06. The number of benzene rings is 1. The fraction of sp³-hybridized carbons (Fsp3) is 0.214. The van der Waals surface area contributed by atoms with Gasteiger partial charge in [0.25, 0.3) is 0 Å². The number of ether oxygens (including phenoxy) is 1. The van der Waals surface area contributed by atoms with E-state index in [1.807, 2.05) is 19.1 Å². The smallest absolute Gasteiger partial charge is 0.336 e. The lowest BCUT2D eigenvalue weighted by Crippen LogP contribution is -2.01. The molecule has 0 unspecified atom stereocenters. The van der Waals surface area contributed by atoms with E-state index in [0.717, 1.165) is 21.9 Å². The Balaban J connectivity index is 1.66. The van der Waals surface area contributed by atoms with E-state index in [1.165, 1.54) is 24.2 Å². The summed E-state index contributed by atoms with van der Waals surface area (Å²) in [4.78, 5) is 15.4. The van der Waals surface area contributed by atoms with Crippen molar-refractivity contribution in [3.8, 4) is 5.75 Å². The Morgan fingerprint density at radius 1 is 1.38 bits per heavy atom. The van der Waals surface area contributed by atoms with Crippen LogP contribution < -0.4 is 10.4 Å². The summed E-state index contributed by atoms with van der Waals surface area (Å²) in [7, 11) is 0. The fourth-order valence-corrected chi connectivity index (χ4v) is 2.56. The fourth-order valence-electron chi connectivity index (χ4n) is 1.96. The van der Waals surface area contributed by atoms with Gasteiger partial charge in [0.15, 0.2) is 5.16 Å². The van der Waals surface area contributed by atoms with Crippen molar-refractivity contribution in [1.29, 1.82) is 0 Å². The zero-order valence-corrected chi connectivity index (χ0v) is 12.1. The van der Waals surface area contributed by atoms with E-state index in [-0.39, 0.29) is 5.63 Å². The predicted octanol–water partition coefficient (Wildman–Crippen LogP) is 2.39. The highest BCUT2D eigenvalue weighted by Gasteiger charge is 2.04. The Labute approximate surface area is 124 Å². The Bertz CT molecular complexity index is 799. The van der Waals surface area contributed by atoms with Crippen molar-refractivity contribution in [2.75, 3.05) is 12.4 Å². The molecule has 21 heavy (non-hydrogen) atoms. The normalized spacial score (nSPS) is 10.9. The van der Waals surface area contributed by atoms with Gasteiger partial charge in [-0.15, -0.1) is 0 Å². The second-order valence-electron chi connectivity index (χ2n) is 4.39. The topological polar surface area (TPSA) is 81.0 Å². The molecule has 108 valence electrons. The SMILES string of the molecule is Cc1cc(=O)oc2cc(OCCSc3ncn[nH]3)ccc12. The summed E-state index contributed by atoms with van der Waals surface area (Å²) in [5.41, 5.74) is 1.09. The molecule has 7 heteroatoms. The van der Waals surface area contributed by atoms with Crippen LogP contribution in [0, 0.1) is 6.92 Å². The summed E-state index contributed by atoms with van der Waals surface area (Å²) in [6.07, 6.45) is 1.47. The minimum atomic E-state index is -0.349. The number of hydrogen-bond donors (Lipinski definition) is 1. The molecule has 3 rings (SSSR count). The molecule has 0 atom stereocenters. The van der Waals surface area contributed by atoms with Crippen LogP contribution in [0.3, 0.4) is 0 Å². The molecule has 0 saturated carbocycles. The maximum Gasteiger partial charge on any atom is 0.336 e. The third kappa shape index (κ3) is 3.25. The van der Waals surface area contributed by atoms with Crippen LogP contribution in [0.1, 0.15) is 5.56 Å². The van der Waals surface area contributed by atoms with Gasteiger partial charge in [0.1, 0.15) is 17.7 Å². The molecule has 1 aromatic carbocycles. The van der Waals surface area contributed by atoms with E-state index >= 15 is 0 Å². The van der Waals surface area contributed by atoms with Crippen LogP contribution in [0.15, 0.2) is 45.0 Å². The van der Waals surface area contributed by atoms with Crippen molar-refractivity contribution >= 4 is 22.7 Å². The van der Waals surface area contributed by atoms with Crippen LogP contribution in [-0.4, -0.2) is 27.5 Å². The van der Waals surface area contributed by atoms with Crippen LogP contribution in [-0.2, 0) is 0 Å². The summed E-state index contributed by atoms with van der Waals surface area (Å²) >= 11 is 1.53. The van der Waals surface area contributed by atoms with Crippen LogP contribution in [0.25, 0.3) is 11.0 Å². The average molecular weight is 303 g/mol. The number of H-pyrrole nitrogens is 1. The Morgan fingerprint density at radius 2 is 2.29 bits per heavy atom. The van der Waals surface area contributed by atoms with Crippen molar-refractivity contribution in [2.24, 2.45) is 0 Å². The van der Waals surface area contributed by atoms with Crippen LogP contribution in [0.4, 0.5) is 0 Å². The minimum absolute atomic E-state index is 0.349. The molecule has 0 aliphatic rings. The highest BCUT2D eigenvalue weighted by atomic mass is 32.2. The van der Waals surface area contributed by atoms with Gasteiger partial charge in [0.2, 0.25) is 0 Å². The zero-order chi connectivity index (χ0) is 14.7. The monoisotopic (exact) mass is 303 g/mol. The first-order valence-electron chi connectivity index (χ1n) is 6.38. The highest BCUT2D eigenvalue weighted by Crippen LogP contribution is 2.22. The van der Waals surface area contributed by atoms with Gasteiger partial charge >= 0.3 is 5.63 Å². The van der Waals surface area contributed by atoms with E-state index < -0.39 is 0 Å². The minimum Gasteiger partial charge on any atom is -0.493 e. The van der Waals surface area contributed by atoms with Gasteiger partial charge < -0.3 is 9.15 Å². The number of aromatic amines is 1.